The van der Waals surface area contributed by atoms with Crippen molar-refractivity contribution in [2.45, 2.75) is 0 Å². The molecule has 94 valence electrons. The fourth-order valence-corrected chi connectivity index (χ4v) is 1.40. The molecule has 0 spiro atoms. The number of aliphatic hydroxyl groups excluding tert-OH is 1. The van der Waals surface area contributed by atoms with Gasteiger partial charge in [0, 0.05) is 32.0 Å². The third-order valence-corrected chi connectivity index (χ3v) is 2.25. The maximum atomic E-state index is 12.1. The number of carbonyl (C=O) groups is 1. The monoisotopic (exact) mass is 239 g/mol. The molecule has 0 aliphatic heterocycles. The van der Waals surface area contributed by atoms with E-state index in [9.17, 15) is 4.79 Å². The van der Waals surface area contributed by atoms with Crippen LogP contribution in [0.25, 0.3) is 0 Å². The van der Waals surface area contributed by atoms with Gasteiger partial charge in [0.25, 0.3) is 5.91 Å². The van der Waals surface area contributed by atoms with Crippen LogP contribution in [0, 0.1) is 0 Å². The van der Waals surface area contributed by atoms with Crippen molar-refractivity contribution in [3.63, 3.8) is 0 Å². The number of hydrogen-bond acceptors (Lipinski definition) is 5. The maximum Gasteiger partial charge on any atom is 0.254 e. The maximum absolute atomic E-state index is 12.1. The normalized spacial score (nSPS) is 10.2. The van der Waals surface area contributed by atoms with Crippen molar-refractivity contribution >= 4 is 11.7 Å². The van der Waals surface area contributed by atoms with Crippen LogP contribution >= 0.6 is 0 Å². The second-order valence-electron chi connectivity index (χ2n) is 3.48. The minimum atomic E-state index is -0.190. The van der Waals surface area contributed by atoms with Crippen molar-refractivity contribution < 1.29 is 14.6 Å². The Morgan fingerprint density at radius 1 is 1.59 bits per heavy atom. The zero-order valence-electron chi connectivity index (χ0n) is 9.80. The van der Waals surface area contributed by atoms with Crippen molar-refractivity contribution in [1.29, 1.82) is 0 Å². The summed E-state index contributed by atoms with van der Waals surface area (Å²) in [5, 5.41) is 8.91. The van der Waals surface area contributed by atoms with E-state index in [1.165, 1.54) is 17.2 Å². The molecule has 0 unspecified atom stereocenters. The molecule has 0 saturated heterocycles. The summed E-state index contributed by atoms with van der Waals surface area (Å²) in [4.78, 5) is 17.4. The van der Waals surface area contributed by atoms with Gasteiger partial charge >= 0.3 is 0 Å². The third-order valence-electron chi connectivity index (χ3n) is 2.25. The summed E-state index contributed by atoms with van der Waals surface area (Å²) in [5.41, 5.74) is 5.97. The molecule has 0 aromatic carbocycles. The molecule has 0 saturated carbocycles. The Kier molecular flexibility index (Phi) is 5.38. The Hall–Kier alpha value is -1.66. The van der Waals surface area contributed by atoms with Gasteiger partial charge in [-0.05, 0) is 12.1 Å². The smallest absolute Gasteiger partial charge is 0.254 e. The lowest BCUT2D eigenvalue weighted by molar-refractivity contribution is 0.0656. The Balaban J connectivity index is 2.76. The van der Waals surface area contributed by atoms with Crippen LogP contribution in [-0.2, 0) is 4.74 Å². The molecule has 17 heavy (non-hydrogen) atoms. The van der Waals surface area contributed by atoms with E-state index >= 15 is 0 Å². The molecular weight excluding hydrogens is 222 g/mol. The summed E-state index contributed by atoms with van der Waals surface area (Å²) >= 11 is 0. The molecule has 0 bridgehead atoms. The standard InChI is InChI=1S/C11H17N3O3/c1-17-7-5-14(4-6-15)11(16)9-2-3-13-10(12)8-9/h2-3,8,15H,4-7H2,1H3,(H2,12,13). The lowest BCUT2D eigenvalue weighted by Crippen LogP contribution is -2.36. The van der Waals surface area contributed by atoms with Crippen LogP contribution in [0.15, 0.2) is 18.3 Å². The summed E-state index contributed by atoms with van der Waals surface area (Å²) in [6.45, 7) is 1.03. The van der Waals surface area contributed by atoms with Crippen LogP contribution < -0.4 is 5.73 Å². The van der Waals surface area contributed by atoms with Gasteiger partial charge in [-0.25, -0.2) is 4.98 Å². The molecule has 6 heteroatoms. The fraction of sp³-hybridized carbons (Fsp3) is 0.455. The second kappa shape index (κ2) is 6.82. The highest BCUT2D eigenvalue weighted by Gasteiger charge is 2.15. The van der Waals surface area contributed by atoms with Crippen molar-refractivity contribution in [1.82, 2.24) is 9.88 Å². The molecule has 1 aromatic rings. The number of nitrogens with zero attached hydrogens (tertiary/aromatic N) is 2. The van der Waals surface area contributed by atoms with E-state index in [1.807, 2.05) is 0 Å². The third kappa shape index (κ3) is 4.01. The summed E-state index contributed by atoms with van der Waals surface area (Å²) in [6.07, 6.45) is 1.48. The Morgan fingerprint density at radius 3 is 2.94 bits per heavy atom. The second-order valence-corrected chi connectivity index (χ2v) is 3.48. The van der Waals surface area contributed by atoms with Gasteiger partial charge in [-0.15, -0.1) is 0 Å². The Bertz CT molecular complexity index is 371. The first-order valence-corrected chi connectivity index (χ1v) is 5.29. The van der Waals surface area contributed by atoms with Gasteiger partial charge in [0.1, 0.15) is 5.82 Å². The van der Waals surface area contributed by atoms with Crippen LogP contribution in [0.3, 0.4) is 0 Å². The van der Waals surface area contributed by atoms with Crippen LogP contribution in [-0.4, -0.2) is 54.3 Å². The molecule has 1 rings (SSSR count). The minimum absolute atomic E-state index is 0.0873. The number of aliphatic hydroxyl groups is 1. The number of amides is 1. The SMILES string of the molecule is COCCN(CCO)C(=O)c1ccnc(N)c1. The molecule has 0 fully saturated rings. The number of nitrogens with two attached hydrogens (primary N) is 1. The van der Waals surface area contributed by atoms with E-state index in [0.29, 0.717) is 24.5 Å². The molecule has 1 heterocycles. The van der Waals surface area contributed by atoms with E-state index in [0.717, 1.165) is 0 Å². The van der Waals surface area contributed by atoms with Gasteiger partial charge in [-0.1, -0.05) is 0 Å². The average molecular weight is 239 g/mol. The van der Waals surface area contributed by atoms with Gasteiger partial charge in [-0.2, -0.15) is 0 Å². The zero-order valence-corrected chi connectivity index (χ0v) is 9.80. The number of pyridine rings is 1. The molecule has 0 atom stereocenters. The number of rotatable bonds is 6. The largest absolute Gasteiger partial charge is 0.395 e. The first kappa shape index (κ1) is 13.4. The molecule has 1 aromatic heterocycles. The number of ether oxygens (including phenoxy) is 1. The predicted molar refractivity (Wildman–Crippen MR) is 63.5 cm³/mol. The molecule has 0 radical (unpaired) electrons. The first-order chi connectivity index (χ1) is 8.19. The Labute approximate surface area is 100 Å². The number of nitrogen functional groups attached to an aromatic ring is 1. The highest BCUT2D eigenvalue weighted by molar-refractivity contribution is 5.94. The van der Waals surface area contributed by atoms with E-state index in [2.05, 4.69) is 4.98 Å². The molecule has 0 aliphatic rings. The minimum Gasteiger partial charge on any atom is -0.395 e. The molecule has 0 aliphatic carbocycles. The van der Waals surface area contributed by atoms with E-state index in [1.54, 1.807) is 13.2 Å². The van der Waals surface area contributed by atoms with Crippen LogP contribution in [0.1, 0.15) is 10.4 Å². The van der Waals surface area contributed by atoms with Gasteiger partial charge < -0.3 is 20.5 Å². The Morgan fingerprint density at radius 2 is 2.35 bits per heavy atom. The van der Waals surface area contributed by atoms with Crippen LogP contribution in [0.4, 0.5) is 5.82 Å². The topological polar surface area (TPSA) is 88.7 Å². The van der Waals surface area contributed by atoms with Crippen molar-refractivity contribution in [2.75, 3.05) is 39.1 Å². The molecule has 6 nitrogen and oxygen atoms in total. The van der Waals surface area contributed by atoms with Gasteiger partial charge in [0.05, 0.1) is 13.2 Å². The van der Waals surface area contributed by atoms with Gasteiger partial charge in [-0.3, -0.25) is 4.79 Å². The number of aromatic nitrogens is 1. The highest BCUT2D eigenvalue weighted by Crippen LogP contribution is 2.07. The van der Waals surface area contributed by atoms with Crippen molar-refractivity contribution in [3.8, 4) is 0 Å². The summed E-state index contributed by atoms with van der Waals surface area (Å²) in [5.74, 6) is 0.108. The van der Waals surface area contributed by atoms with Crippen LogP contribution in [0.2, 0.25) is 0 Å². The number of methoxy groups -OCH3 is 1. The van der Waals surface area contributed by atoms with Gasteiger partial charge in [0.15, 0.2) is 0 Å². The molecular formula is C11H17N3O3. The molecule has 3 N–H and O–H groups in total. The van der Waals surface area contributed by atoms with Crippen molar-refractivity contribution in [3.05, 3.63) is 23.9 Å². The summed E-state index contributed by atoms with van der Waals surface area (Å²) < 4.78 is 4.92. The number of hydrogen-bond donors (Lipinski definition) is 2. The van der Waals surface area contributed by atoms with E-state index in [-0.39, 0.29) is 19.1 Å². The van der Waals surface area contributed by atoms with E-state index in [4.69, 9.17) is 15.6 Å². The predicted octanol–water partition coefficient (Wildman–Crippen LogP) is -0.255. The number of anilines is 1. The summed E-state index contributed by atoms with van der Waals surface area (Å²) in [6, 6.07) is 3.11. The van der Waals surface area contributed by atoms with Crippen molar-refractivity contribution in [2.24, 2.45) is 0 Å². The molecule has 1 amide bonds. The highest BCUT2D eigenvalue weighted by atomic mass is 16.5. The fourth-order valence-electron chi connectivity index (χ4n) is 1.40. The van der Waals surface area contributed by atoms with Gasteiger partial charge in [0.2, 0.25) is 0 Å². The first-order valence-electron chi connectivity index (χ1n) is 5.29. The average Bonchev–Trinajstić information content (AvgIpc) is 2.33. The van der Waals surface area contributed by atoms with Crippen LogP contribution in [0.5, 0.6) is 0 Å². The number of carbonyl (C=O) groups excluding carboxylic acids is 1. The summed E-state index contributed by atoms with van der Waals surface area (Å²) in [7, 11) is 1.56. The lowest BCUT2D eigenvalue weighted by atomic mass is 10.2. The lowest BCUT2D eigenvalue weighted by Gasteiger charge is -2.21. The zero-order chi connectivity index (χ0) is 12.7. The van der Waals surface area contributed by atoms with E-state index < -0.39 is 0 Å². The quantitative estimate of drug-likeness (QED) is 0.714.